The first-order valence-corrected chi connectivity index (χ1v) is 3.74. The summed E-state index contributed by atoms with van der Waals surface area (Å²) in [6.45, 7) is 0. The lowest BCUT2D eigenvalue weighted by Crippen LogP contribution is -2.24. The van der Waals surface area contributed by atoms with Gasteiger partial charge in [-0.1, -0.05) is 6.07 Å². The third kappa shape index (κ3) is 0.954. The number of nitrogens with two attached hydrogens (primary N) is 1. The van der Waals surface area contributed by atoms with Gasteiger partial charge in [0.15, 0.2) is 5.52 Å². The van der Waals surface area contributed by atoms with E-state index >= 15 is 0 Å². The molecular formula is C7H6N4O3. The van der Waals surface area contributed by atoms with Gasteiger partial charge in [-0.05, 0) is 6.07 Å². The van der Waals surface area contributed by atoms with Crippen LogP contribution in [0.15, 0.2) is 23.0 Å². The van der Waals surface area contributed by atoms with Crippen LogP contribution < -0.4 is 11.5 Å². The fourth-order valence-corrected chi connectivity index (χ4v) is 1.31. The molecule has 2 aromatic rings. The SMILES string of the molecule is Nn1c(=O)[nH]c2cccc([N+](=O)[O-])c21. The number of hydrogen-bond donors (Lipinski definition) is 2. The Morgan fingerprint density at radius 3 is 2.86 bits per heavy atom. The Balaban J connectivity index is 2.98. The number of nitro groups is 1. The maximum absolute atomic E-state index is 11.1. The molecule has 0 aliphatic heterocycles. The van der Waals surface area contributed by atoms with Crippen molar-refractivity contribution < 1.29 is 4.92 Å². The Morgan fingerprint density at radius 2 is 2.21 bits per heavy atom. The number of nitrogens with one attached hydrogen (secondary N) is 1. The second kappa shape index (κ2) is 2.59. The summed E-state index contributed by atoms with van der Waals surface area (Å²) < 4.78 is 0.730. The van der Waals surface area contributed by atoms with Crippen LogP contribution in [0.5, 0.6) is 0 Å². The molecule has 1 aromatic carbocycles. The molecule has 0 atom stereocenters. The highest BCUT2D eigenvalue weighted by Crippen LogP contribution is 2.21. The molecule has 7 heteroatoms. The fourth-order valence-electron chi connectivity index (χ4n) is 1.31. The Kier molecular flexibility index (Phi) is 1.53. The lowest BCUT2D eigenvalue weighted by Gasteiger charge is -1.95. The van der Waals surface area contributed by atoms with Gasteiger partial charge in [0.25, 0.3) is 5.69 Å². The van der Waals surface area contributed by atoms with Gasteiger partial charge in [-0.3, -0.25) is 10.1 Å². The molecule has 0 saturated heterocycles. The molecule has 7 nitrogen and oxygen atoms in total. The molecule has 0 amide bonds. The summed E-state index contributed by atoms with van der Waals surface area (Å²) in [4.78, 5) is 23.5. The third-order valence-corrected chi connectivity index (χ3v) is 1.91. The van der Waals surface area contributed by atoms with Crippen LogP contribution in [0.3, 0.4) is 0 Å². The molecule has 0 spiro atoms. The molecule has 3 N–H and O–H groups in total. The molecule has 14 heavy (non-hydrogen) atoms. The smallest absolute Gasteiger partial charge is 0.334 e. The third-order valence-electron chi connectivity index (χ3n) is 1.91. The van der Waals surface area contributed by atoms with E-state index in [1.165, 1.54) is 12.1 Å². The number of nitrogens with zero attached hydrogens (tertiary/aromatic N) is 2. The van der Waals surface area contributed by atoms with E-state index in [4.69, 9.17) is 5.84 Å². The van der Waals surface area contributed by atoms with E-state index < -0.39 is 10.6 Å². The Hall–Kier alpha value is -2.31. The molecule has 0 aliphatic rings. The van der Waals surface area contributed by atoms with Crippen molar-refractivity contribution in [1.29, 1.82) is 0 Å². The van der Waals surface area contributed by atoms with Crippen LogP contribution in [0, 0.1) is 10.1 Å². The van der Waals surface area contributed by atoms with E-state index in [1.54, 1.807) is 6.07 Å². The zero-order valence-corrected chi connectivity index (χ0v) is 6.93. The van der Waals surface area contributed by atoms with Crippen molar-refractivity contribution in [3.8, 4) is 0 Å². The van der Waals surface area contributed by atoms with Gasteiger partial charge < -0.3 is 10.8 Å². The first-order valence-electron chi connectivity index (χ1n) is 3.74. The highest BCUT2D eigenvalue weighted by molar-refractivity contribution is 5.84. The largest absolute Gasteiger partial charge is 0.345 e. The lowest BCUT2D eigenvalue weighted by atomic mass is 10.3. The predicted molar refractivity (Wildman–Crippen MR) is 49.4 cm³/mol. The average molecular weight is 194 g/mol. The summed E-state index contributed by atoms with van der Waals surface area (Å²) in [5.74, 6) is 5.35. The molecule has 0 aliphatic carbocycles. The number of rotatable bonds is 1. The number of aromatic amines is 1. The van der Waals surface area contributed by atoms with Gasteiger partial charge in [0.1, 0.15) is 0 Å². The van der Waals surface area contributed by atoms with Crippen LogP contribution in [0.4, 0.5) is 5.69 Å². The Bertz CT molecular complexity index is 568. The average Bonchev–Trinajstić information content (AvgIpc) is 2.43. The van der Waals surface area contributed by atoms with Crippen molar-refractivity contribution in [2.24, 2.45) is 0 Å². The summed E-state index contributed by atoms with van der Waals surface area (Å²) in [7, 11) is 0. The van der Waals surface area contributed by atoms with Crippen LogP contribution in [-0.2, 0) is 0 Å². The second-order valence-corrected chi connectivity index (χ2v) is 2.73. The molecule has 72 valence electrons. The van der Waals surface area contributed by atoms with Crippen molar-refractivity contribution >= 4 is 16.7 Å². The molecule has 1 heterocycles. The molecular weight excluding hydrogens is 188 g/mol. The van der Waals surface area contributed by atoms with E-state index in [0.29, 0.717) is 5.52 Å². The molecule has 0 unspecified atom stereocenters. The number of hydrogen-bond acceptors (Lipinski definition) is 4. The second-order valence-electron chi connectivity index (χ2n) is 2.73. The van der Waals surface area contributed by atoms with Crippen LogP contribution in [-0.4, -0.2) is 14.6 Å². The quantitative estimate of drug-likeness (QED) is 0.377. The van der Waals surface area contributed by atoms with Gasteiger partial charge in [0, 0.05) is 6.07 Å². The fraction of sp³-hybridized carbons (Fsp3) is 0. The summed E-state index contributed by atoms with van der Waals surface area (Å²) in [6, 6.07) is 4.32. The zero-order valence-electron chi connectivity index (χ0n) is 6.93. The number of H-pyrrole nitrogens is 1. The number of fused-ring (bicyclic) bond motifs is 1. The molecule has 2 rings (SSSR count). The highest BCUT2D eigenvalue weighted by atomic mass is 16.6. The summed E-state index contributed by atoms with van der Waals surface area (Å²) in [6.07, 6.45) is 0. The van der Waals surface area contributed by atoms with E-state index in [0.717, 1.165) is 4.68 Å². The number of nitro benzene ring substituents is 1. The van der Waals surface area contributed by atoms with Gasteiger partial charge in [0.2, 0.25) is 0 Å². The van der Waals surface area contributed by atoms with Gasteiger partial charge in [-0.2, -0.15) is 0 Å². The summed E-state index contributed by atoms with van der Waals surface area (Å²) >= 11 is 0. The van der Waals surface area contributed by atoms with Crippen LogP contribution >= 0.6 is 0 Å². The minimum absolute atomic E-state index is 0.0995. The van der Waals surface area contributed by atoms with E-state index in [9.17, 15) is 14.9 Å². The molecule has 0 fully saturated rings. The van der Waals surface area contributed by atoms with Crippen molar-refractivity contribution in [2.75, 3.05) is 5.84 Å². The van der Waals surface area contributed by atoms with Gasteiger partial charge >= 0.3 is 5.69 Å². The van der Waals surface area contributed by atoms with Crippen LogP contribution in [0.1, 0.15) is 0 Å². The van der Waals surface area contributed by atoms with Gasteiger partial charge in [0.05, 0.1) is 10.4 Å². The van der Waals surface area contributed by atoms with Gasteiger partial charge in [-0.25, -0.2) is 9.47 Å². The number of para-hydroxylation sites is 1. The summed E-state index contributed by atoms with van der Waals surface area (Å²) in [5.41, 5.74) is -0.313. The minimum Gasteiger partial charge on any atom is -0.334 e. The molecule has 1 aromatic heterocycles. The highest BCUT2D eigenvalue weighted by Gasteiger charge is 2.16. The minimum atomic E-state index is -0.584. The number of non-ortho nitro benzene ring substituents is 1. The summed E-state index contributed by atoms with van der Waals surface area (Å²) in [5, 5.41) is 10.6. The normalized spacial score (nSPS) is 10.6. The van der Waals surface area contributed by atoms with E-state index in [2.05, 4.69) is 4.98 Å². The monoisotopic (exact) mass is 194 g/mol. The Morgan fingerprint density at radius 1 is 1.50 bits per heavy atom. The number of aromatic nitrogens is 2. The van der Waals surface area contributed by atoms with Crippen molar-refractivity contribution in [3.63, 3.8) is 0 Å². The standard InChI is InChI=1S/C7H6N4O3/c8-10-6-4(9-7(10)12)2-1-3-5(6)11(13)14/h1-3H,8H2,(H,9,12). The van der Waals surface area contributed by atoms with Crippen molar-refractivity contribution in [2.45, 2.75) is 0 Å². The van der Waals surface area contributed by atoms with Crippen molar-refractivity contribution in [3.05, 3.63) is 38.8 Å². The first-order chi connectivity index (χ1) is 6.61. The first kappa shape index (κ1) is 8.30. The molecule has 0 saturated carbocycles. The molecule has 0 radical (unpaired) electrons. The number of nitrogen functional groups attached to an aromatic ring is 1. The van der Waals surface area contributed by atoms with E-state index in [1.807, 2.05) is 0 Å². The molecule has 0 bridgehead atoms. The zero-order chi connectivity index (χ0) is 10.3. The Labute approximate surface area is 76.9 Å². The van der Waals surface area contributed by atoms with Crippen LogP contribution in [0.2, 0.25) is 0 Å². The predicted octanol–water partition coefficient (Wildman–Crippen LogP) is -0.0484. The number of imidazole rings is 1. The van der Waals surface area contributed by atoms with Crippen molar-refractivity contribution in [1.82, 2.24) is 9.66 Å². The van der Waals surface area contributed by atoms with Crippen LogP contribution in [0.25, 0.3) is 11.0 Å². The van der Waals surface area contributed by atoms with E-state index in [-0.39, 0.29) is 11.2 Å². The lowest BCUT2D eigenvalue weighted by molar-refractivity contribution is -0.383. The topological polar surface area (TPSA) is 107 Å². The maximum atomic E-state index is 11.1. The van der Waals surface area contributed by atoms with Gasteiger partial charge in [-0.15, -0.1) is 0 Å². The maximum Gasteiger partial charge on any atom is 0.345 e. The number of benzene rings is 1.